The molecular formula is C14H14BrFN2O2S. The highest BCUT2D eigenvalue weighted by Crippen LogP contribution is 2.26. The summed E-state index contributed by atoms with van der Waals surface area (Å²) < 4.78 is 40.7. The van der Waals surface area contributed by atoms with Gasteiger partial charge in [-0.3, -0.25) is 0 Å². The number of halogens is 2. The first kappa shape index (κ1) is 15.9. The lowest BCUT2D eigenvalue weighted by Gasteiger charge is -2.10. The summed E-state index contributed by atoms with van der Waals surface area (Å²) in [4.78, 5) is -0.470. The van der Waals surface area contributed by atoms with E-state index in [0.29, 0.717) is 0 Å². The van der Waals surface area contributed by atoms with Crippen molar-refractivity contribution in [3.05, 3.63) is 57.8 Å². The Labute approximate surface area is 131 Å². The van der Waals surface area contributed by atoms with Gasteiger partial charge in [0.05, 0.1) is 4.47 Å². The molecule has 0 radical (unpaired) electrons. The van der Waals surface area contributed by atoms with Crippen LogP contribution in [0.5, 0.6) is 0 Å². The summed E-state index contributed by atoms with van der Waals surface area (Å²) in [5.41, 5.74) is 7.54. The van der Waals surface area contributed by atoms with E-state index in [2.05, 4.69) is 20.7 Å². The standard InChI is InChI=1S/C14H14BrFN2O2S/c1-9-3-2-4-10(5-9)8-18-21(19,20)13-7-11(17)6-12(15)14(13)16/h2-7,18H,8,17H2,1H3. The second-order valence-corrected chi connectivity index (χ2v) is 7.22. The van der Waals surface area contributed by atoms with Crippen molar-refractivity contribution >= 4 is 31.6 Å². The molecule has 0 saturated carbocycles. The quantitative estimate of drug-likeness (QED) is 0.810. The van der Waals surface area contributed by atoms with E-state index in [1.807, 2.05) is 25.1 Å². The molecule has 7 heteroatoms. The Bertz CT molecular complexity index is 779. The molecular weight excluding hydrogens is 359 g/mol. The smallest absolute Gasteiger partial charge is 0.243 e. The van der Waals surface area contributed by atoms with Gasteiger partial charge >= 0.3 is 0 Å². The minimum absolute atomic E-state index is 0.0124. The Morgan fingerprint density at radius 1 is 1.29 bits per heavy atom. The summed E-state index contributed by atoms with van der Waals surface area (Å²) >= 11 is 2.95. The molecule has 2 aromatic carbocycles. The van der Waals surface area contributed by atoms with E-state index in [4.69, 9.17) is 5.73 Å². The van der Waals surface area contributed by atoms with Gasteiger partial charge in [0, 0.05) is 12.2 Å². The van der Waals surface area contributed by atoms with Crippen LogP contribution in [0, 0.1) is 12.7 Å². The van der Waals surface area contributed by atoms with Crippen molar-refractivity contribution in [2.24, 2.45) is 0 Å². The Morgan fingerprint density at radius 3 is 2.67 bits per heavy atom. The molecule has 0 aliphatic rings. The van der Waals surface area contributed by atoms with E-state index in [1.54, 1.807) is 6.07 Å². The molecule has 2 rings (SSSR count). The third-order valence-electron chi connectivity index (χ3n) is 2.86. The number of hydrogen-bond donors (Lipinski definition) is 2. The first-order valence-electron chi connectivity index (χ1n) is 6.09. The predicted molar refractivity (Wildman–Crippen MR) is 83.7 cm³/mol. The predicted octanol–water partition coefficient (Wildman–Crippen LogP) is 2.96. The SMILES string of the molecule is Cc1cccc(CNS(=O)(=O)c2cc(N)cc(Br)c2F)c1. The molecule has 0 amide bonds. The summed E-state index contributed by atoms with van der Waals surface area (Å²) in [5, 5.41) is 0. The van der Waals surface area contributed by atoms with Crippen molar-refractivity contribution in [2.75, 3.05) is 5.73 Å². The van der Waals surface area contributed by atoms with Crippen LogP contribution in [-0.4, -0.2) is 8.42 Å². The number of nitrogen functional groups attached to an aromatic ring is 1. The lowest BCUT2D eigenvalue weighted by molar-refractivity contribution is 0.554. The van der Waals surface area contributed by atoms with Crippen LogP contribution >= 0.6 is 15.9 Å². The maximum absolute atomic E-state index is 13.9. The Hall–Kier alpha value is -1.44. The summed E-state index contributed by atoms with van der Waals surface area (Å²) in [6.45, 7) is 1.99. The molecule has 21 heavy (non-hydrogen) atoms. The maximum Gasteiger partial charge on any atom is 0.243 e. The van der Waals surface area contributed by atoms with Crippen LogP contribution in [0.1, 0.15) is 11.1 Å². The van der Waals surface area contributed by atoms with Gasteiger partial charge in [0.2, 0.25) is 10.0 Å². The molecule has 0 aliphatic heterocycles. The van der Waals surface area contributed by atoms with Crippen molar-refractivity contribution in [3.8, 4) is 0 Å². The average Bonchev–Trinajstić information content (AvgIpc) is 2.41. The largest absolute Gasteiger partial charge is 0.399 e. The van der Waals surface area contributed by atoms with Gasteiger partial charge in [0.1, 0.15) is 4.90 Å². The van der Waals surface area contributed by atoms with E-state index >= 15 is 0 Å². The van der Waals surface area contributed by atoms with Crippen molar-refractivity contribution in [1.82, 2.24) is 4.72 Å². The number of anilines is 1. The molecule has 0 bridgehead atoms. The summed E-state index contributed by atoms with van der Waals surface area (Å²) in [7, 11) is -3.98. The van der Waals surface area contributed by atoms with Crippen LogP contribution in [0.3, 0.4) is 0 Å². The molecule has 0 spiro atoms. The molecule has 4 nitrogen and oxygen atoms in total. The van der Waals surface area contributed by atoms with Crippen molar-refractivity contribution in [1.29, 1.82) is 0 Å². The van der Waals surface area contributed by atoms with Crippen LogP contribution in [0.15, 0.2) is 45.8 Å². The van der Waals surface area contributed by atoms with Gasteiger partial charge in [-0.1, -0.05) is 29.8 Å². The van der Waals surface area contributed by atoms with Crippen molar-refractivity contribution in [2.45, 2.75) is 18.4 Å². The number of sulfonamides is 1. The molecule has 0 heterocycles. The minimum atomic E-state index is -3.98. The fraction of sp³-hybridized carbons (Fsp3) is 0.143. The third kappa shape index (κ3) is 3.81. The minimum Gasteiger partial charge on any atom is -0.399 e. The van der Waals surface area contributed by atoms with Crippen LogP contribution in [0.2, 0.25) is 0 Å². The molecule has 3 N–H and O–H groups in total. The third-order valence-corrected chi connectivity index (χ3v) is 4.83. The van der Waals surface area contributed by atoms with Gasteiger partial charge in [0.15, 0.2) is 5.82 Å². The summed E-state index contributed by atoms with van der Waals surface area (Å²) in [6, 6.07) is 9.80. The Kier molecular flexibility index (Phi) is 4.65. The van der Waals surface area contributed by atoms with E-state index in [9.17, 15) is 12.8 Å². The summed E-state index contributed by atoms with van der Waals surface area (Å²) in [6.07, 6.45) is 0. The first-order chi connectivity index (χ1) is 9.79. The molecule has 0 fully saturated rings. The number of hydrogen-bond acceptors (Lipinski definition) is 3. The second kappa shape index (κ2) is 6.13. The van der Waals surface area contributed by atoms with Gasteiger partial charge in [0.25, 0.3) is 0 Å². The van der Waals surface area contributed by atoms with E-state index in [0.717, 1.165) is 17.2 Å². The number of nitrogens with one attached hydrogen (secondary N) is 1. The van der Waals surface area contributed by atoms with Crippen molar-refractivity contribution < 1.29 is 12.8 Å². The molecule has 0 atom stereocenters. The van der Waals surface area contributed by atoms with Crippen LogP contribution < -0.4 is 10.5 Å². The monoisotopic (exact) mass is 372 g/mol. The Balaban J connectivity index is 2.27. The van der Waals surface area contributed by atoms with Gasteiger partial charge < -0.3 is 5.73 Å². The van der Waals surface area contributed by atoms with Crippen LogP contribution in [0.25, 0.3) is 0 Å². The summed E-state index contributed by atoms with van der Waals surface area (Å²) in [5.74, 6) is -0.860. The van der Waals surface area contributed by atoms with E-state index < -0.39 is 20.7 Å². The zero-order valence-corrected chi connectivity index (χ0v) is 13.6. The first-order valence-corrected chi connectivity index (χ1v) is 8.37. The highest BCUT2D eigenvalue weighted by molar-refractivity contribution is 9.10. The number of nitrogens with two attached hydrogens (primary N) is 1. The number of rotatable bonds is 4. The average molecular weight is 373 g/mol. The lowest BCUT2D eigenvalue weighted by Crippen LogP contribution is -2.24. The fourth-order valence-electron chi connectivity index (χ4n) is 1.86. The van der Waals surface area contributed by atoms with Crippen LogP contribution in [-0.2, 0) is 16.6 Å². The van der Waals surface area contributed by atoms with Gasteiger partial charge in [-0.2, -0.15) is 0 Å². The number of benzene rings is 2. The van der Waals surface area contributed by atoms with Gasteiger partial charge in [-0.05, 0) is 40.5 Å². The lowest BCUT2D eigenvalue weighted by atomic mass is 10.1. The molecule has 2 aromatic rings. The maximum atomic E-state index is 13.9. The van der Waals surface area contributed by atoms with Gasteiger partial charge in [-0.25, -0.2) is 17.5 Å². The zero-order chi connectivity index (χ0) is 15.6. The molecule has 0 aromatic heterocycles. The highest BCUT2D eigenvalue weighted by atomic mass is 79.9. The molecule has 0 aliphatic carbocycles. The van der Waals surface area contributed by atoms with E-state index in [-0.39, 0.29) is 16.7 Å². The van der Waals surface area contributed by atoms with Crippen molar-refractivity contribution in [3.63, 3.8) is 0 Å². The highest BCUT2D eigenvalue weighted by Gasteiger charge is 2.21. The normalized spacial score (nSPS) is 11.6. The zero-order valence-electron chi connectivity index (χ0n) is 11.2. The van der Waals surface area contributed by atoms with E-state index in [1.165, 1.54) is 6.07 Å². The molecule has 0 unspecified atom stereocenters. The molecule has 112 valence electrons. The van der Waals surface area contributed by atoms with Crippen LogP contribution in [0.4, 0.5) is 10.1 Å². The Morgan fingerprint density at radius 2 is 2.00 bits per heavy atom. The van der Waals surface area contributed by atoms with Gasteiger partial charge in [-0.15, -0.1) is 0 Å². The topological polar surface area (TPSA) is 72.2 Å². The molecule has 0 saturated heterocycles. The second-order valence-electron chi connectivity index (χ2n) is 4.63. The number of aryl methyl sites for hydroxylation is 1. The fourth-order valence-corrected chi connectivity index (χ4v) is 3.62.